The predicted octanol–water partition coefficient (Wildman–Crippen LogP) is 5.82. The minimum Gasteiger partial charge on any atom is -0.508 e. The molecule has 3 heterocycles. The molecule has 6 rings (SSSR count). The van der Waals surface area contributed by atoms with E-state index in [0.717, 1.165) is 57.4 Å². The van der Waals surface area contributed by atoms with E-state index in [2.05, 4.69) is 46.4 Å². The highest BCUT2D eigenvalue weighted by atomic mass is 16.3. The summed E-state index contributed by atoms with van der Waals surface area (Å²) in [6.45, 7) is 3.30. The Balaban J connectivity index is 1.26. The summed E-state index contributed by atoms with van der Waals surface area (Å²) in [6, 6.07) is 21.1. The summed E-state index contributed by atoms with van der Waals surface area (Å²) in [5, 5.41) is 18.5. The van der Waals surface area contributed by atoms with Crippen LogP contribution in [0.1, 0.15) is 35.0 Å². The van der Waals surface area contributed by atoms with Crippen LogP contribution in [0.2, 0.25) is 0 Å². The molecule has 7 nitrogen and oxygen atoms in total. The topological polar surface area (TPSA) is 97.9 Å². The summed E-state index contributed by atoms with van der Waals surface area (Å²) in [6.07, 6.45) is 5.67. The zero-order valence-corrected chi connectivity index (χ0v) is 20.5. The molecule has 1 aliphatic heterocycles. The summed E-state index contributed by atoms with van der Waals surface area (Å²) >= 11 is 0. The van der Waals surface area contributed by atoms with Gasteiger partial charge in [0.2, 0.25) is 0 Å². The van der Waals surface area contributed by atoms with E-state index in [-0.39, 0.29) is 11.7 Å². The molecule has 0 radical (unpaired) electrons. The van der Waals surface area contributed by atoms with Crippen LogP contribution in [-0.2, 0) is 6.42 Å². The Morgan fingerprint density at radius 3 is 2.78 bits per heavy atom. The number of imidazole rings is 1. The zero-order chi connectivity index (χ0) is 25.4. The number of fused-ring (bicyclic) bond motifs is 1. The van der Waals surface area contributed by atoms with E-state index in [4.69, 9.17) is 4.98 Å². The van der Waals surface area contributed by atoms with Crippen molar-refractivity contribution in [1.29, 1.82) is 0 Å². The fraction of sp³-hybridized carbons (Fsp3) is 0.167. The number of nitrogens with one attached hydrogen (secondary N) is 2. The number of H-pyrrole nitrogens is 2. The molecule has 0 saturated heterocycles. The second kappa shape index (κ2) is 9.43. The van der Waals surface area contributed by atoms with Gasteiger partial charge in [-0.25, -0.2) is 4.98 Å². The fourth-order valence-electron chi connectivity index (χ4n) is 5.00. The lowest BCUT2D eigenvalue weighted by molar-refractivity contribution is 0.0774. The lowest BCUT2D eigenvalue weighted by Crippen LogP contribution is -2.35. The van der Waals surface area contributed by atoms with E-state index < -0.39 is 0 Å². The van der Waals surface area contributed by atoms with Gasteiger partial charge in [0, 0.05) is 30.2 Å². The first kappa shape index (κ1) is 22.8. The standard InChI is InChI=1S/C30H27N5O2/c1-2-19-15-23(36)11-13-24(19)21-10-12-25-26(16-21)33-34-28(25)29-31-17-27(32-29)22-9-6-14-35(18-22)30(37)20-7-4-3-5-8-20/h3-5,7-13,15-17,36H,2,6,14,18H2,1H3,(H,31,32)(H,33,34). The number of carbonyl (C=O) groups is 1. The summed E-state index contributed by atoms with van der Waals surface area (Å²) in [5.41, 5.74) is 7.47. The number of hydrogen-bond donors (Lipinski definition) is 3. The van der Waals surface area contributed by atoms with Gasteiger partial charge in [-0.3, -0.25) is 9.89 Å². The Morgan fingerprint density at radius 2 is 1.95 bits per heavy atom. The van der Waals surface area contributed by atoms with Crippen LogP contribution in [0.5, 0.6) is 5.75 Å². The molecule has 3 aromatic carbocycles. The lowest BCUT2D eigenvalue weighted by Gasteiger charge is -2.27. The van der Waals surface area contributed by atoms with Gasteiger partial charge in [-0.05, 0) is 71.5 Å². The van der Waals surface area contributed by atoms with Crippen LogP contribution >= 0.6 is 0 Å². The van der Waals surface area contributed by atoms with Crippen LogP contribution in [0.15, 0.2) is 79.0 Å². The Hall–Kier alpha value is -4.65. The summed E-state index contributed by atoms with van der Waals surface area (Å²) < 4.78 is 0. The second-order valence-electron chi connectivity index (χ2n) is 9.27. The van der Waals surface area contributed by atoms with Crippen molar-refractivity contribution in [3.63, 3.8) is 0 Å². The average Bonchev–Trinajstić information content (AvgIpc) is 3.60. The Morgan fingerprint density at radius 1 is 1.08 bits per heavy atom. The van der Waals surface area contributed by atoms with E-state index in [1.165, 1.54) is 0 Å². The van der Waals surface area contributed by atoms with Crippen molar-refractivity contribution in [2.24, 2.45) is 0 Å². The van der Waals surface area contributed by atoms with Gasteiger partial charge < -0.3 is 15.0 Å². The number of carbonyl (C=O) groups excluding carboxylic acids is 1. The van der Waals surface area contributed by atoms with E-state index in [1.54, 1.807) is 6.07 Å². The maximum Gasteiger partial charge on any atom is 0.254 e. The third-order valence-electron chi connectivity index (χ3n) is 6.93. The van der Waals surface area contributed by atoms with Gasteiger partial charge in [0.05, 0.1) is 11.2 Å². The highest BCUT2D eigenvalue weighted by Crippen LogP contribution is 2.32. The van der Waals surface area contributed by atoms with Crippen molar-refractivity contribution >= 4 is 22.4 Å². The SMILES string of the molecule is CCc1cc(O)ccc1-c1ccc2c(-c3nc(C4=CCCN(C(=O)c5ccccc5)C4)c[nH]3)n[nH]c2c1. The minimum absolute atomic E-state index is 0.0379. The van der Waals surface area contributed by atoms with Gasteiger partial charge in [0.15, 0.2) is 5.82 Å². The number of aryl methyl sites for hydroxylation is 1. The first-order valence-corrected chi connectivity index (χ1v) is 12.5. The largest absolute Gasteiger partial charge is 0.508 e. The maximum atomic E-state index is 12.9. The molecule has 5 aromatic rings. The van der Waals surface area contributed by atoms with Gasteiger partial charge in [0.25, 0.3) is 5.91 Å². The van der Waals surface area contributed by atoms with E-state index in [1.807, 2.05) is 53.6 Å². The van der Waals surface area contributed by atoms with Crippen molar-refractivity contribution in [2.75, 3.05) is 13.1 Å². The molecule has 0 saturated carbocycles. The molecule has 1 amide bonds. The third kappa shape index (κ3) is 4.29. The number of phenolic OH excluding ortho intramolecular Hbond substituents is 1. The molecule has 7 heteroatoms. The highest BCUT2D eigenvalue weighted by molar-refractivity contribution is 5.96. The van der Waals surface area contributed by atoms with Crippen LogP contribution < -0.4 is 0 Å². The van der Waals surface area contributed by atoms with Gasteiger partial charge in [-0.2, -0.15) is 5.10 Å². The summed E-state index contributed by atoms with van der Waals surface area (Å²) in [5.74, 6) is 0.996. The number of phenols is 1. The normalized spacial score (nSPS) is 13.6. The molecule has 3 N–H and O–H groups in total. The quantitative estimate of drug-likeness (QED) is 0.290. The Labute approximate surface area is 214 Å². The number of rotatable bonds is 5. The van der Waals surface area contributed by atoms with Gasteiger partial charge in [-0.1, -0.05) is 43.3 Å². The van der Waals surface area contributed by atoms with Gasteiger partial charge >= 0.3 is 0 Å². The van der Waals surface area contributed by atoms with E-state index >= 15 is 0 Å². The van der Waals surface area contributed by atoms with Crippen LogP contribution in [-0.4, -0.2) is 49.2 Å². The first-order chi connectivity index (χ1) is 18.1. The van der Waals surface area contributed by atoms with Gasteiger partial charge in [0.1, 0.15) is 11.4 Å². The first-order valence-electron chi connectivity index (χ1n) is 12.5. The minimum atomic E-state index is 0.0379. The molecule has 37 heavy (non-hydrogen) atoms. The molecule has 0 spiro atoms. The van der Waals surface area contributed by atoms with Crippen molar-refractivity contribution in [3.8, 4) is 28.4 Å². The summed E-state index contributed by atoms with van der Waals surface area (Å²) in [4.78, 5) is 22.9. The smallest absolute Gasteiger partial charge is 0.254 e. The molecule has 0 bridgehead atoms. The predicted molar refractivity (Wildman–Crippen MR) is 145 cm³/mol. The van der Waals surface area contributed by atoms with E-state index in [9.17, 15) is 9.90 Å². The van der Waals surface area contributed by atoms with Crippen LogP contribution in [0, 0.1) is 0 Å². The molecular formula is C30H27N5O2. The number of aromatic nitrogens is 4. The molecule has 0 aliphatic carbocycles. The van der Waals surface area contributed by atoms with Crippen LogP contribution in [0.25, 0.3) is 39.1 Å². The van der Waals surface area contributed by atoms with Crippen LogP contribution in [0.4, 0.5) is 0 Å². The maximum absolute atomic E-state index is 12.9. The average molecular weight is 490 g/mol. The molecule has 0 fully saturated rings. The summed E-state index contributed by atoms with van der Waals surface area (Å²) in [7, 11) is 0. The molecule has 2 aromatic heterocycles. The number of hydrogen-bond acceptors (Lipinski definition) is 4. The molecular weight excluding hydrogens is 462 g/mol. The number of aromatic amines is 2. The van der Waals surface area contributed by atoms with Crippen LogP contribution in [0.3, 0.4) is 0 Å². The van der Waals surface area contributed by atoms with Gasteiger partial charge in [-0.15, -0.1) is 0 Å². The fourth-order valence-corrected chi connectivity index (χ4v) is 5.00. The van der Waals surface area contributed by atoms with Crippen molar-refractivity contribution < 1.29 is 9.90 Å². The Bertz CT molecular complexity index is 1630. The van der Waals surface area contributed by atoms with Crippen molar-refractivity contribution in [3.05, 3.63) is 95.8 Å². The lowest BCUT2D eigenvalue weighted by atomic mass is 9.97. The monoisotopic (exact) mass is 489 g/mol. The number of nitrogens with zero attached hydrogens (tertiary/aromatic N) is 3. The third-order valence-corrected chi connectivity index (χ3v) is 6.93. The number of amides is 1. The molecule has 0 unspecified atom stereocenters. The van der Waals surface area contributed by atoms with E-state index in [0.29, 0.717) is 24.5 Å². The zero-order valence-electron chi connectivity index (χ0n) is 20.5. The van der Waals surface area contributed by atoms with Crippen molar-refractivity contribution in [1.82, 2.24) is 25.1 Å². The number of benzene rings is 3. The molecule has 0 atom stereocenters. The highest BCUT2D eigenvalue weighted by Gasteiger charge is 2.22. The second-order valence-corrected chi connectivity index (χ2v) is 9.27. The molecule has 184 valence electrons. The number of aromatic hydroxyl groups is 1. The Kier molecular flexibility index (Phi) is 5.81. The molecule has 1 aliphatic rings. The van der Waals surface area contributed by atoms with Crippen molar-refractivity contribution in [2.45, 2.75) is 19.8 Å².